The summed E-state index contributed by atoms with van der Waals surface area (Å²) in [6.45, 7) is 6.03. The van der Waals surface area contributed by atoms with Crippen molar-refractivity contribution in [2.24, 2.45) is 4.99 Å². The Morgan fingerprint density at radius 3 is 2.92 bits per heavy atom. The molecule has 3 rings (SSSR count). The van der Waals surface area contributed by atoms with Crippen LogP contribution in [0.2, 0.25) is 0 Å². The summed E-state index contributed by atoms with van der Waals surface area (Å²) in [6.07, 6.45) is 6.93. The third kappa shape index (κ3) is 3.60. The Morgan fingerprint density at radius 1 is 1.33 bits per heavy atom. The Bertz CT molecular complexity index is 830. The molecule has 2 aromatic rings. The van der Waals surface area contributed by atoms with Gasteiger partial charge in [0.15, 0.2) is 11.0 Å². The second-order valence-corrected chi connectivity index (χ2v) is 6.14. The lowest BCUT2D eigenvalue weighted by Crippen LogP contribution is -2.29. The largest absolute Gasteiger partial charge is 0.282 e. The van der Waals surface area contributed by atoms with E-state index in [0.717, 1.165) is 11.3 Å². The summed E-state index contributed by atoms with van der Waals surface area (Å²) in [5.41, 5.74) is 1.76. The number of amides is 1. The molecule has 1 amide bonds. The second kappa shape index (κ2) is 7.23. The summed E-state index contributed by atoms with van der Waals surface area (Å²) < 4.78 is 0. The van der Waals surface area contributed by atoms with Crippen molar-refractivity contribution < 1.29 is 4.79 Å². The molecular formula is C18H16N4OS. The second-order valence-electron chi connectivity index (χ2n) is 5.13. The zero-order valence-electron chi connectivity index (χ0n) is 13.2. The Labute approximate surface area is 144 Å². The lowest BCUT2D eigenvalue weighted by atomic mass is 10.2. The van der Waals surface area contributed by atoms with Gasteiger partial charge in [0.1, 0.15) is 0 Å². The summed E-state index contributed by atoms with van der Waals surface area (Å²) >= 11 is 1.33. The molecule has 1 saturated heterocycles. The average Bonchev–Trinajstić information content (AvgIpc) is 2.85. The van der Waals surface area contributed by atoms with Crippen LogP contribution in [0.1, 0.15) is 11.3 Å². The van der Waals surface area contributed by atoms with Crippen LogP contribution in [0.5, 0.6) is 0 Å². The van der Waals surface area contributed by atoms with Gasteiger partial charge < -0.3 is 0 Å². The van der Waals surface area contributed by atoms with Crippen LogP contribution in [0.25, 0.3) is 6.08 Å². The van der Waals surface area contributed by atoms with Crippen LogP contribution >= 0.6 is 11.8 Å². The monoisotopic (exact) mass is 336 g/mol. The smallest absolute Gasteiger partial charge is 0.267 e. The number of hydrogen-bond acceptors (Lipinski definition) is 5. The Balaban J connectivity index is 1.95. The van der Waals surface area contributed by atoms with Crippen LogP contribution < -0.4 is 0 Å². The molecule has 6 heteroatoms. The molecule has 1 aliphatic heterocycles. The van der Waals surface area contributed by atoms with Crippen LogP contribution in [0.4, 0.5) is 5.82 Å². The van der Waals surface area contributed by atoms with E-state index in [0.29, 0.717) is 22.4 Å². The summed E-state index contributed by atoms with van der Waals surface area (Å²) in [4.78, 5) is 27.8. The standard InChI is InChI=1S/C18H16N4OS/c1-3-10-22-17(23)15(11-14-7-5-9-19-12-14)24-18(22)21-16-8-4-6-13(2)20-16/h3-9,11-12H,1,10H2,2H3/b15-11-,21-18+. The summed E-state index contributed by atoms with van der Waals surface area (Å²) in [5.74, 6) is 0.497. The van der Waals surface area contributed by atoms with Crippen LogP contribution in [-0.2, 0) is 4.79 Å². The van der Waals surface area contributed by atoms with Crippen molar-refractivity contribution in [3.05, 3.63) is 71.5 Å². The van der Waals surface area contributed by atoms with Crippen LogP contribution in [0, 0.1) is 6.92 Å². The van der Waals surface area contributed by atoms with Gasteiger partial charge in [-0.3, -0.25) is 14.7 Å². The van der Waals surface area contributed by atoms with Gasteiger partial charge in [0.2, 0.25) is 0 Å². The molecule has 0 saturated carbocycles. The molecule has 3 heterocycles. The molecular weight excluding hydrogens is 320 g/mol. The topological polar surface area (TPSA) is 58.5 Å². The summed E-state index contributed by atoms with van der Waals surface area (Å²) in [5, 5.41) is 0.605. The first-order chi connectivity index (χ1) is 11.7. The van der Waals surface area contributed by atoms with Crippen LogP contribution in [0.15, 0.2) is 65.3 Å². The first kappa shape index (κ1) is 16.1. The van der Waals surface area contributed by atoms with Gasteiger partial charge in [-0.15, -0.1) is 6.58 Å². The fourth-order valence-electron chi connectivity index (χ4n) is 2.18. The molecule has 24 heavy (non-hydrogen) atoms. The number of thioether (sulfide) groups is 1. The van der Waals surface area contributed by atoms with E-state index in [1.54, 1.807) is 23.4 Å². The first-order valence-electron chi connectivity index (χ1n) is 7.42. The van der Waals surface area contributed by atoms with E-state index in [1.807, 2.05) is 43.3 Å². The number of carbonyl (C=O) groups is 1. The van der Waals surface area contributed by atoms with E-state index in [2.05, 4.69) is 21.5 Å². The van der Waals surface area contributed by atoms with E-state index in [4.69, 9.17) is 0 Å². The van der Waals surface area contributed by atoms with Gasteiger partial charge in [-0.05, 0) is 48.5 Å². The molecule has 2 aromatic heterocycles. The molecule has 0 bridgehead atoms. The molecule has 1 fully saturated rings. The van der Waals surface area contributed by atoms with Gasteiger partial charge in [-0.25, -0.2) is 9.98 Å². The lowest BCUT2D eigenvalue weighted by Gasteiger charge is -2.12. The van der Waals surface area contributed by atoms with E-state index < -0.39 is 0 Å². The van der Waals surface area contributed by atoms with Gasteiger partial charge in [-0.2, -0.15) is 0 Å². The van der Waals surface area contributed by atoms with Crippen LogP contribution in [-0.4, -0.2) is 32.5 Å². The molecule has 5 nitrogen and oxygen atoms in total. The number of hydrogen-bond donors (Lipinski definition) is 0. The number of rotatable bonds is 4. The van der Waals surface area contributed by atoms with Crippen molar-refractivity contribution in [2.75, 3.05) is 6.54 Å². The lowest BCUT2D eigenvalue weighted by molar-refractivity contribution is -0.121. The molecule has 120 valence electrons. The van der Waals surface area contributed by atoms with E-state index in [-0.39, 0.29) is 5.91 Å². The van der Waals surface area contributed by atoms with Crippen LogP contribution in [0.3, 0.4) is 0 Å². The number of aryl methyl sites for hydroxylation is 1. The number of pyridine rings is 2. The van der Waals surface area contributed by atoms with Gasteiger partial charge in [0, 0.05) is 24.6 Å². The number of carbonyl (C=O) groups excluding carboxylic acids is 1. The third-order valence-electron chi connectivity index (χ3n) is 3.27. The fourth-order valence-corrected chi connectivity index (χ4v) is 3.18. The number of aliphatic imine (C=N–C) groups is 1. The van der Waals surface area contributed by atoms with E-state index in [9.17, 15) is 4.79 Å². The summed E-state index contributed by atoms with van der Waals surface area (Å²) in [6, 6.07) is 9.37. The highest BCUT2D eigenvalue weighted by Gasteiger charge is 2.32. The predicted octanol–water partition coefficient (Wildman–Crippen LogP) is 3.58. The molecule has 1 aliphatic rings. The van der Waals surface area contributed by atoms with Crippen molar-refractivity contribution in [3.63, 3.8) is 0 Å². The molecule has 0 spiro atoms. The maximum atomic E-state index is 12.6. The van der Waals surface area contributed by atoms with Gasteiger partial charge in [0.25, 0.3) is 5.91 Å². The van der Waals surface area contributed by atoms with Crippen molar-refractivity contribution in [1.82, 2.24) is 14.9 Å². The van der Waals surface area contributed by atoms with Gasteiger partial charge in [-0.1, -0.05) is 18.2 Å². The number of nitrogens with zero attached hydrogens (tertiary/aromatic N) is 4. The van der Waals surface area contributed by atoms with E-state index >= 15 is 0 Å². The number of aromatic nitrogens is 2. The minimum atomic E-state index is -0.0878. The van der Waals surface area contributed by atoms with E-state index in [1.165, 1.54) is 11.8 Å². The number of amidine groups is 1. The van der Waals surface area contributed by atoms with Crippen molar-refractivity contribution >= 4 is 34.7 Å². The molecule has 0 unspecified atom stereocenters. The fraction of sp³-hybridized carbons (Fsp3) is 0.111. The molecule has 0 aliphatic carbocycles. The average molecular weight is 336 g/mol. The molecule has 0 radical (unpaired) electrons. The molecule has 0 aromatic carbocycles. The third-order valence-corrected chi connectivity index (χ3v) is 4.27. The molecule has 0 atom stereocenters. The maximum Gasteiger partial charge on any atom is 0.267 e. The minimum absolute atomic E-state index is 0.0878. The zero-order valence-corrected chi connectivity index (χ0v) is 14.0. The molecule has 0 N–H and O–H groups in total. The Morgan fingerprint density at radius 2 is 2.21 bits per heavy atom. The SMILES string of the molecule is C=CCN1C(=O)/C(=C/c2cccnc2)S/C1=N/c1cccc(C)n1. The highest BCUT2D eigenvalue weighted by atomic mass is 32.2. The van der Waals surface area contributed by atoms with Crippen molar-refractivity contribution in [2.45, 2.75) is 6.92 Å². The highest BCUT2D eigenvalue weighted by molar-refractivity contribution is 8.18. The Hall–Kier alpha value is -2.73. The normalized spacial score (nSPS) is 17.7. The quantitative estimate of drug-likeness (QED) is 0.632. The van der Waals surface area contributed by atoms with Gasteiger partial charge >= 0.3 is 0 Å². The van der Waals surface area contributed by atoms with Crippen molar-refractivity contribution in [1.29, 1.82) is 0 Å². The minimum Gasteiger partial charge on any atom is -0.282 e. The predicted molar refractivity (Wildman–Crippen MR) is 97.8 cm³/mol. The Kier molecular flexibility index (Phi) is 4.86. The summed E-state index contributed by atoms with van der Waals surface area (Å²) in [7, 11) is 0. The maximum absolute atomic E-state index is 12.6. The highest BCUT2D eigenvalue weighted by Crippen LogP contribution is 2.33. The first-order valence-corrected chi connectivity index (χ1v) is 8.24. The van der Waals surface area contributed by atoms with Crippen molar-refractivity contribution in [3.8, 4) is 0 Å². The van der Waals surface area contributed by atoms with Gasteiger partial charge in [0.05, 0.1) is 4.91 Å². The zero-order chi connectivity index (χ0) is 16.9.